The zero-order chi connectivity index (χ0) is 25.6. The summed E-state index contributed by atoms with van der Waals surface area (Å²) in [4.78, 5) is 27.8. The number of hydrogen-bond donors (Lipinski definition) is 1. The third-order valence-corrected chi connectivity index (χ3v) is 7.30. The van der Waals surface area contributed by atoms with Crippen molar-refractivity contribution in [2.75, 3.05) is 17.1 Å². The molecule has 2 aromatic carbocycles. The van der Waals surface area contributed by atoms with Crippen molar-refractivity contribution in [1.82, 2.24) is 10.2 Å². The molecule has 34 heavy (non-hydrogen) atoms. The van der Waals surface area contributed by atoms with Gasteiger partial charge in [-0.05, 0) is 56.5 Å². The lowest BCUT2D eigenvalue weighted by Gasteiger charge is -2.32. The number of nitrogens with one attached hydrogen (secondary N) is 1. The Labute approximate surface area is 212 Å². The van der Waals surface area contributed by atoms with E-state index in [9.17, 15) is 18.0 Å². The van der Waals surface area contributed by atoms with Crippen LogP contribution in [0, 0.1) is 6.92 Å². The molecule has 2 unspecified atom stereocenters. The first kappa shape index (κ1) is 28.0. The van der Waals surface area contributed by atoms with E-state index in [1.54, 1.807) is 56.3 Å². The van der Waals surface area contributed by atoms with E-state index in [4.69, 9.17) is 23.2 Å². The molecule has 0 aliphatic heterocycles. The van der Waals surface area contributed by atoms with E-state index in [0.29, 0.717) is 26.9 Å². The Hall–Kier alpha value is -2.29. The van der Waals surface area contributed by atoms with Crippen molar-refractivity contribution in [3.63, 3.8) is 0 Å². The first-order chi connectivity index (χ1) is 15.8. The minimum absolute atomic E-state index is 0.00923. The molecule has 2 aromatic rings. The first-order valence-electron chi connectivity index (χ1n) is 10.9. The smallest absolute Gasteiger partial charge is 0.244 e. The highest BCUT2D eigenvalue weighted by atomic mass is 35.5. The van der Waals surface area contributed by atoms with Crippen LogP contribution in [0.1, 0.15) is 38.3 Å². The maximum absolute atomic E-state index is 13.5. The van der Waals surface area contributed by atoms with Gasteiger partial charge in [-0.15, -0.1) is 0 Å². The van der Waals surface area contributed by atoms with Gasteiger partial charge in [0.25, 0.3) is 0 Å². The molecular weight excluding hydrogens is 497 g/mol. The Bertz CT molecular complexity index is 1140. The lowest BCUT2D eigenvalue weighted by molar-refractivity contribution is -0.139. The Morgan fingerprint density at radius 1 is 1.09 bits per heavy atom. The fourth-order valence-electron chi connectivity index (χ4n) is 3.32. The number of amides is 2. The van der Waals surface area contributed by atoms with E-state index in [1.807, 2.05) is 13.8 Å². The summed E-state index contributed by atoms with van der Waals surface area (Å²) in [6.45, 7) is 6.74. The predicted molar refractivity (Wildman–Crippen MR) is 138 cm³/mol. The number of hydrogen-bond acceptors (Lipinski definition) is 4. The number of sulfonamides is 1. The molecule has 0 saturated heterocycles. The number of carbonyl (C=O) groups excluding carboxylic acids is 2. The molecule has 0 aliphatic carbocycles. The average molecular weight is 529 g/mol. The van der Waals surface area contributed by atoms with Crippen LogP contribution in [0.2, 0.25) is 10.0 Å². The molecule has 0 radical (unpaired) electrons. The fraction of sp³-hybridized carbons (Fsp3) is 0.417. The molecule has 2 atom stereocenters. The van der Waals surface area contributed by atoms with Gasteiger partial charge in [0.1, 0.15) is 12.6 Å². The molecule has 0 saturated carbocycles. The molecule has 0 aromatic heterocycles. The Morgan fingerprint density at radius 3 is 2.29 bits per heavy atom. The number of aryl methyl sites for hydroxylation is 1. The summed E-state index contributed by atoms with van der Waals surface area (Å²) in [6.07, 6.45) is 1.77. The number of anilines is 1. The molecule has 10 heteroatoms. The summed E-state index contributed by atoms with van der Waals surface area (Å²) in [5.74, 6) is -0.874. The summed E-state index contributed by atoms with van der Waals surface area (Å²) in [7, 11) is -3.78. The Balaban J connectivity index is 2.43. The van der Waals surface area contributed by atoms with Gasteiger partial charge in [-0.25, -0.2) is 8.42 Å². The molecule has 0 fully saturated rings. The number of nitrogens with zero attached hydrogens (tertiary/aromatic N) is 2. The second kappa shape index (κ2) is 11.9. The van der Waals surface area contributed by atoms with Gasteiger partial charge in [0.05, 0.1) is 11.9 Å². The van der Waals surface area contributed by atoms with Crippen molar-refractivity contribution in [3.8, 4) is 0 Å². The molecule has 7 nitrogen and oxygen atoms in total. The van der Waals surface area contributed by atoms with Gasteiger partial charge in [0.2, 0.25) is 21.8 Å². The van der Waals surface area contributed by atoms with Gasteiger partial charge in [-0.3, -0.25) is 13.9 Å². The molecule has 186 valence electrons. The predicted octanol–water partition coefficient (Wildman–Crippen LogP) is 4.40. The molecule has 1 N–H and O–H groups in total. The molecule has 2 rings (SSSR count). The number of para-hydroxylation sites is 1. The molecule has 0 heterocycles. The fourth-order valence-corrected chi connectivity index (χ4v) is 4.69. The lowest BCUT2D eigenvalue weighted by Crippen LogP contribution is -2.52. The summed E-state index contributed by atoms with van der Waals surface area (Å²) in [5.41, 5.74) is 1.69. The second-order valence-electron chi connectivity index (χ2n) is 8.31. The maximum Gasteiger partial charge on any atom is 0.244 e. The van der Waals surface area contributed by atoms with Crippen molar-refractivity contribution >= 4 is 50.7 Å². The van der Waals surface area contributed by atoms with E-state index < -0.39 is 28.5 Å². The highest BCUT2D eigenvalue weighted by Crippen LogP contribution is 2.25. The van der Waals surface area contributed by atoms with Gasteiger partial charge in [0.15, 0.2) is 0 Å². The summed E-state index contributed by atoms with van der Waals surface area (Å²) in [6, 6.07) is 10.8. The summed E-state index contributed by atoms with van der Waals surface area (Å²) >= 11 is 12.3. The first-order valence-corrected chi connectivity index (χ1v) is 13.5. The van der Waals surface area contributed by atoms with Crippen LogP contribution in [0.4, 0.5) is 5.69 Å². The Kier molecular flexibility index (Phi) is 9.79. The van der Waals surface area contributed by atoms with Crippen molar-refractivity contribution in [1.29, 1.82) is 0 Å². The highest BCUT2D eigenvalue weighted by molar-refractivity contribution is 7.92. The summed E-state index contributed by atoms with van der Waals surface area (Å²) in [5, 5.41) is 3.67. The molecule has 0 aliphatic rings. The van der Waals surface area contributed by atoms with Gasteiger partial charge in [-0.2, -0.15) is 0 Å². The van der Waals surface area contributed by atoms with Crippen LogP contribution in [0.3, 0.4) is 0 Å². The molecule has 2 amide bonds. The standard InChI is InChI=1S/C24H31Cl2N3O4S/c1-6-17(3)27-24(31)18(4)28(14-19-11-12-20(25)13-21(19)26)23(30)15-29(34(5,32)33)22-10-8-7-9-16(22)2/h7-13,17-18H,6,14-15H2,1-5H3,(H,27,31). The summed E-state index contributed by atoms with van der Waals surface area (Å²) < 4.78 is 26.3. The zero-order valence-electron chi connectivity index (χ0n) is 20.0. The number of carbonyl (C=O) groups is 2. The zero-order valence-corrected chi connectivity index (χ0v) is 22.3. The topological polar surface area (TPSA) is 86.8 Å². The minimum Gasteiger partial charge on any atom is -0.352 e. The van der Waals surface area contributed by atoms with Gasteiger partial charge in [0, 0.05) is 22.6 Å². The molecular formula is C24H31Cl2N3O4S. The second-order valence-corrected chi connectivity index (χ2v) is 11.1. The number of benzene rings is 2. The third kappa shape index (κ3) is 7.35. The van der Waals surface area contributed by atoms with Gasteiger partial charge < -0.3 is 10.2 Å². The van der Waals surface area contributed by atoms with Crippen molar-refractivity contribution in [2.24, 2.45) is 0 Å². The van der Waals surface area contributed by atoms with E-state index in [0.717, 1.165) is 17.0 Å². The highest BCUT2D eigenvalue weighted by Gasteiger charge is 2.31. The van der Waals surface area contributed by atoms with Crippen molar-refractivity contribution in [2.45, 2.75) is 52.7 Å². The van der Waals surface area contributed by atoms with Crippen LogP contribution in [-0.4, -0.2) is 50.0 Å². The van der Waals surface area contributed by atoms with Crippen molar-refractivity contribution < 1.29 is 18.0 Å². The SMILES string of the molecule is CCC(C)NC(=O)C(C)N(Cc1ccc(Cl)cc1Cl)C(=O)CN(c1ccccc1C)S(C)(=O)=O. The molecule has 0 bridgehead atoms. The monoisotopic (exact) mass is 527 g/mol. The maximum atomic E-state index is 13.5. The lowest BCUT2D eigenvalue weighted by atomic mass is 10.1. The normalized spacial score (nSPS) is 13.1. The van der Waals surface area contributed by atoms with E-state index in [2.05, 4.69) is 5.32 Å². The van der Waals surface area contributed by atoms with E-state index in [1.165, 1.54) is 4.90 Å². The number of halogens is 2. The van der Waals surface area contributed by atoms with Gasteiger partial charge in [-0.1, -0.05) is 54.4 Å². The van der Waals surface area contributed by atoms with Crippen LogP contribution >= 0.6 is 23.2 Å². The van der Waals surface area contributed by atoms with Gasteiger partial charge >= 0.3 is 0 Å². The largest absolute Gasteiger partial charge is 0.352 e. The Morgan fingerprint density at radius 2 is 1.74 bits per heavy atom. The van der Waals surface area contributed by atoms with Crippen LogP contribution in [0.15, 0.2) is 42.5 Å². The van der Waals surface area contributed by atoms with Crippen molar-refractivity contribution in [3.05, 3.63) is 63.6 Å². The van der Waals surface area contributed by atoms with Crippen LogP contribution in [0.5, 0.6) is 0 Å². The van der Waals surface area contributed by atoms with E-state index in [-0.39, 0.29) is 18.5 Å². The quantitative estimate of drug-likeness (QED) is 0.495. The third-order valence-electron chi connectivity index (χ3n) is 5.59. The van der Waals surface area contributed by atoms with E-state index >= 15 is 0 Å². The minimum atomic E-state index is -3.78. The van der Waals surface area contributed by atoms with Crippen LogP contribution < -0.4 is 9.62 Å². The molecule has 0 spiro atoms. The van der Waals surface area contributed by atoms with Crippen LogP contribution in [-0.2, 0) is 26.2 Å². The van der Waals surface area contributed by atoms with Crippen LogP contribution in [0.25, 0.3) is 0 Å². The number of rotatable bonds is 10. The average Bonchev–Trinajstić information content (AvgIpc) is 2.76.